The second kappa shape index (κ2) is 11.4. The van der Waals surface area contributed by atoms with E-state index >= 15 is 0 Å². The van der Waals surface area contributed by atoms with Gasteiger partial charge >= 0.3 is 0 Å². The Morgan fingerprint density at radius 2 is 1.95 bits per heavy atom. The molecular formula is C31H40N8O3. The molecule has 1 saturated heterocycles. The van der Waals surface area contributed by atoms with Gasteiger partial charge in [-0.05, 0) is 25.3 Å². The van der Waals surface area contributed by atoms with E-state index in [1.54, 1.807) is 25.6 Å². The number of carbonyl (C=O) groups is 1. The predicted octanol–water partition coefficient (Wildman–Crippen LogP) is 4.81. The maximum atomic E-state index is 12.2. The van der Waals surface area contributed by atoms with Crippen molar-refractivity contribution in [2.24, 2.45) is 13.0 Å². The molecule has 0 spiro atoms. The molecule has 1 aliphatic carbocycles. The molecule has 0 bridgehead atoms. The highest BCUT2D eigenvalue weighted by Gasteiger charge is 2.31. The molecule has 1 saturated carbocycles. The quantitative estimate of drug-likeness (QED) is 0.271. The summed E-state index contributed by atoms with van der Waals surface area (Å²) >= 11 is 0. The second-order valence-corrected chi connectivity index (χ2v) is 12.5. The lowest BCUT2D eigenvalue weighted by Gasteiger charge is -2.23. The number of anilines is 2. The van der Waals surface area contributed by atoms with Gasteiger partial charge in [0.15, 0.2) is 11.5 Å². The van der Waals surface area contributed by atoms with Crippen molar-refractivity contribution in [2.45, 2.75) is 57.9 Å². The number of aromatic nitrogens is 6. The number of hydrogen-bond donors (Lipinski definition) is 1. The molecule has 0 aromatic carbocycles. The number of aryl methyl sites for hydroxylation is 1. The Labute approximate surface area is 246 Å². The lowest BCUT2D eigenvalue weighted by atomic mass is 9.91. The van der Waals surface area contributed by atoms with Crippen LogP contribution >= 0.6 is 0 Å². The number of Topliss-reactive ketones (excluding diaryl/α,β-unsaturated/α-hetero) is 1. The van der Waals surface area contributed by atoms with Crippen LogP contribution in [0.3, 0.4) is 0 Å². The smallest absolute Gasteiger partial charge is 0.210 e. The van der Waals surface area contributed by atoms with E-state index in [0.717, 1.165) is 62.5 Å². The first-order valence-electron chi connectivity index (χ1n) is 14.7. The van der Waals surface area contributed by atoms with Crippen molar-refractivity contribution in [3.8, 4) is 11.5 Å². The Kier molecular flexibility index (Phi) is 7.71. The molecule has 1 atom stereocenters. The van der Waals surface area contributed by atoms with E-state index < -0.39 is 0 Å². The minimum Gasteiger partial charge on any atom is -0.456 e. The molecule has 4 aromatic heterocycles. The minimum absolute atomic E-state index is 0.0644. The first-order valence-corrected chi connectivity index (χ1v) is 14.7. The molecule has 6 rings (SSSR count). The van der Waals surface area contributed by atoms with Gasteiger partial charge in [-0.1, -0.05) is 20.8 Å². The molecule has 5 heterocycles. The summed E-state index contributed by atoms with van der Waals surface area (Å²) in [6.07, 6.45) is 6.73. The molecular weight excluding hydrogens is 532 g/mol. The number of methoxy groups -OCH3 is 1. The molecule has 0 radical (unpaired) electrons. The molecule has 2 aliphatic rings. The highest BCUT2D eigenvalue weighted by atomic mass is 16.5. The van der Waals surface area contributed by atoms with Crippen LogP contribution in [-0.2, 0) is 28.4 Å². The minimum atomic E-state index is -0.0644. The topological polar surface area (TPSA) is 112 Å². The number of fused-ring (bicyclic) bond motifs is 1. The first-order chi connectivity index (χ1) is 20.2. The van der Waals surface area contributed by atoms with E-state index in [2.05, 4.69) is 51.7 Å². The third-order valence-corrected chi connectivity index (χ3v) is 8.07. The molecule has 2 fully saturated rings. The predicted molar refractivity (Wildman–Crippen MR) is 160 cm³/mol. The average molecular weight is 573 g/mol. The van der Waals surface area contributed by atoms with Crippen LogP contribution in [0.4, 0.5) is 11.8 Å². The number of nitrogens with zero attached hydrogens (tertiary/aromatic N) is 7. The molecule has 222 valence electrons. The van der Waals surface area contributed by atoms with Crippen LogP contribution in [0.25, 0.3) is 11.2 Å². The Bertz CT molecular complexity index is 1580. The summed E-state index contributed by atoms with van der Waals surface area (Å²) in [5.74, 6) is 3.08. The summed E-state index contributed by atoms with van der Waals surface area (Å²) in [4.78, 5) is 28.3. The van der Waals surface area contributed by atoms with E-state index in [4.69, 9.17) is 19.6 Å². The molecule has 11 heteroatoms. The van der Waals surface area contributed by atoms with Gasteiger partial charge in [0.2, 0.25) is 5.95 Å². The maximum Gasteiger partial charge on any atom is 0.210 e. The van der Waals surface area contributed by atoms with Crippen LogP contribution in [-0.4, -0.2) is 73.3 Å². The van der Waals surface area contributed by atoms with Gasteiger partial charge in [-0.15, -0.1) is 0 Å². The molecule has 1 N–H and O–H groups in total. The molecule has 4 aromatic rings. The van der Waals surface area contributed by atoms with Crippen LogP contribution in [0.15, 0.2) is 36.7 Å². The number of carbonyl (C=O) groups excluding carboxylic acids is 1. The normalized spacial score (nSPS) is 17.7. The number of imidazole rings is 1. The summed E-state index contributed by atoms with van der Waals surface area (Å²) in [5.41, 5.74) is 3.28. The Hall–Kier alpha value is -3.83. The number of hydrogen-bond acceptors (Lipinski definition) is 9. The number of ether oxygens (including phenoxy) is 2. The number of pyridine rings is 2. The average Bonchev–Trinajstić information content (AvgIpc) is 3.42. The summed E-state index contributed by atoms with van der Waals surface area (Å²) in [6.45, 7) is 10.3. The van der Waals surface area contributed by atoms with Gasteiger partial charge in [-0.2, -0.15) is 10.1 Å². The fraction of sp³-hybridized carbons (Fsp3) is 0.516. The van der Waals surface area contributed by atoms with E-state index in [1.807, 2.05) is 23.7 Å². The van der Waals surface area contributed by atoms with Gasteiger partial charge in [-0.25, -0.2) is 4.98 Å². The van der Waals surface area contributed by atoms with E-state index in [0.29, 0.717) is 35.6 Å². The molecule has 42 heavy (non-hydrogen) atoms. The number of rotatable bonds is 11. The van der Waals surface area contributed by atoms with Gasteiger partial charge in [0.25, 0.3) is 0 Å². The monoisotopic (exact) mass is 572 g/mol. The highest BCUT2D eigenvalue weighted by Crippen LogP contribution is 2.33. The van der Waals surface area contributed by atoms with Crippen molar-refractivity contribution in [1.82, 2.24) is 34.2 Å². The maximum absolute atomic E-state index is 12.2. The summed E-state index contributed by atoms with van der Waals surface area (Å²) in [7, 11) is 3.70. The van der Waals surface area contributed by atoms with Crippen molar-refractivity contribution >= 4 is 28.7 Å². The van der Waals surface area contributed by atoms with Crippen LogP contribution in [0, 0.1) is 5.92 Å². The van der Waals surface area contributed by atoms with Crippen LogP contribution in [0.2, 0.25) is 0 Å². The van der Waals surface area contributed by atoms with Crippen molar-refractivity contribution in [1.29, 1.82) is 0 Å². The van der Waals surface area contributed by atoms with E-state index in [1.165, 1.54) is 5.69 Å². The van der Waals surface area contributed by atoms with Crippen molar-refractivity contribution in [3.63, 3.8) is 0 Å². The van der Waals surface area contributed by atoms with Crippen LogP contribution in [0.1, 0.15) is 57.5 Å². The molecule has 0 unspecified atom stereocenters. The fourth-order valence-corrected chi connectivity index (χ4v) is 5.54. The molecule has 1 aliphatic heterocycles. The Morgan fingerprint density at radius 1 is 1.12 bits per heavy atom. The Balaban J connectivity index is 1.20. The van der Waals surface area contributed by atoms with Crippen LogP contribution in [0.5, 0.6) is 11.5 Å². The molecule has 11 nitrogen and oxygen atoms in total. The zero-order valence-corrected chi connectivity index (χ0v) is 25.1. The number of ketones is 1. The van der Waals surface area contributed by atoms with Gasteiger partial charge in [0.05, 0.1) is 30.1 Å². The largest absolute Gasteiger partial charge is 0.456 e. The van der Waals surface area contributed by atoms with Gasteiger partial charge in [-0.3, -0.25) is 19.4 Å². The van der Waals surface area contributed by atoms with E-state index in [-0.39, 0.29) is 17.1 Å². The van der Waals surface area contributed by atoms with Crippen molar-refractivity contribution < 1.29 is 14.3 Å². The number of nitrogens with one attached hydrogen (secondary N) is 1. The zero-order valence-electron chi connectivity index (χ0n) is 25.1. The lowest BCUT2D eigenvalue weighted by Crippen LogP contribution is -2.27. The zero-order chi connectivity index (χ0) is 29.4. The van der Waals surface area contributed by atoms with Crippen LogP contribution < -0.4 is 10.1 Å². The first kappa shape index (κ1) is 28.3. The number of likely N-dealkylation sites (tertiary alicyclic amines) is 1. The van der Waals surface area contributed by atoms with Gasteiger partial charge < -0.3 is 19.4 Å². The Morgan fingerprint density at radius 3 is 2.71 bits per heavy atom. The third kappa shape index (κ3) is 6.17. The highest BCUT2D eigenvalue weighted by molar-refractivity contribution is 5.85. The summed E-state index contributed by atoms with van der Waals surface area (Å²) in [5, 5.41) is 8.45. The molecule has 0 amide bonds. The SMILES string of the molecule is COCCN1CC[C@@H](n2nc(Nc3nc4ncc(Oc5ccnc(CC(=O)C6CC6)c5)cc4n3C)cc2C(C)(C)C)C1. The fourth-order valence-electron chi connectivity index (χ4n) is 5.54. The second-order valence-electron chi connectivity index (χ2n) is 12.5. The standard InChI is InChI=1S/C31H40N8O3/c1-31(2,3)27-17-28(36-39(27)22-9-11-38(19-22)12-13-41-5)34-30-35-29-25(37(30)4)16-24(18-33-29)42-23-8-10-32-21(14-23)15-26(40)20-6-7-20/h8,10,14,16-18,20,22H,6-7,9,11-13,15,19H2,1-5H3,(H,33,34,35,36)/t22-/m1/s1. The lowest BCUT2D eigenvalue weighted by molar-refractivity contribution is -0.119. The van der Waals surface area contributed by atoms with Gasteiger partial charge in [0.1, 0.15) is 17.3 Å². The third-order valence-electron chi connectivity index (χ3n) is 8.07. The summed E-state index contributed by atoms with van der Waals surface area (Å²) in [6, 6.07) is 7.98. The van der Waals surface area contributed by atoms with Gasteiger partial charge in [0, 0.05) is 81.6 Å². The van der Waals surface area contributed by atoms with Crippen molar-refractivity contribution in [3.05, 3.63) is 48.0 Å². The summed E-state index contributed by atoms with van der Waals surface area (Å²) < 4.78 is 15.5. The van der Waals surface area contributed by atoms with E-state index in [9.17, 15) is 4.79 Å². The van der Waals surface area contributed by atoms with Crippen molar-refractivity contribution in [2.75, 3.05) is 38.7 Å².